The average Bonchev–Trinajstić information content (AvgIpc) is 2.63. The largest absolute Gasteiger partial charge is 0.317 e. The third-order valence-corrected chi connectivity index (χ3v) is 5.25. The minimum atomic E-state index is 0.665. The van der Waals surface area contributed by atoms with Crippen LogP contribution in [0.1, 0.15) is 73.1 Å². The summed E-state index contributed by atoms with van der Waals surface area (Å²) in [6.07, 6.45) is 7.88. The lowest BCUT2D eigenvalue weighted by Crippen LogP contribution is -2.31. The van der Waals surface area contributed by atoms with Gasteiger partial charge < -0.3 is 20.4 Å². The van der Waals surface area contributed by atoms with E-state index in [1.807, 2.05) is 0 Å². The highest BCUT2D eigenvalue weighted by atomic mass is 15.1. The zero-order valence-electron chi connectivity index (χ0n) is 18.1. The van der Waals surface area contributed by atoms with E-state index in [1.165, 1.54) is 90.9 Å². The lowest BCUT2D eigenvalue weighted by molar-refractivity contribution is 0.295. The second-order valence-electron chi connectivity index (χ2n) is 7.22. The lowest BCUT2D eigenvalue weighted by atomic mass is 10.1. The van der Waals surface area contributed by atoms with E-state index in [-0.39, 0.29) is 0 Å². The van der Waals surface area contributed by atoms with Crippen molar-refractivity contribution < 1.29 is 0 Å². The first-order valence-corrected chi connectivity index (χ1v) is 11.1. The first-order chi connectivity index (χ1) is 12.2. The Bertz CT molecular complexity index is 252. The molecule has 0 aromatic rings. The predicted molar refractivity (Wildman–Crippen MR) is 114 cm³/mol. The van der Waals surface area contributed by atoms with Crippen molar-refractivity contribution in [1.29, 1.82) is 0 Å². The van der Waals surface area contributed by atoms with Crippen LogP contribution in [0.4, 0.5) is 0 Å². The normalized spacial score (nSPS) is 13.1. The molecule has 0 spiro atoms. The van der Waals surface area contributed by atoms with Gasteiger partial charge in [0.15, 0.2) is 0 Å². The number of hydrogen-bond donors (Lipinski definition) is 2. The summed E-state index contributed by atoms with van der Waals surface area (Å²) in [4.78, 5) is 5.00. The summed E-state index contributed by atoms with van der Waals surface area (Å²) in [5.74, 6) is 0. The lowest BCUT2D eigenvalue weighted by Gasteiger charge is -2.19. The highest BCUT2D eigenvalue weighted by Gasteiger charge is 2.02. The van der Waals surface area contributed by atoms with Gasteiger partial charge in [-0.1, -0.05) is 40.5 Å². The first-order valence-electron chi connectivity index (χ1n) is 11.1. The van der Waals surface area contributed by atoms with Crippen molar-refractivity contribution in [3.63, 3.8) is 0 Å². The van der Waals surface area contributed by atoms with Crippen LogP contribution in [-0.2, 0) is 0 Å². The number of rotatable bonds is 19. The summed E-state index contributed by atoms with van der Waals surface area (Å²) < 4.78 is 0. The standard InChI is InChI=1S/C21H48N4/c1-6-24(7-2)19-13-17-22-16-12-10-11-15-21(5)23-18-14-20-25(8-3)9-4/h21-23H,6-20H2,1-5H3. The summed E-state index contributed by atoms with van der Waals surface area (Å²) in [7, 11) is 0. The zero-order valence-corrected chi connectivity index (χ0v) is 18.1. The van der Waals surface area contributed by atoms with E-state index >= 15 is 0 Å². The molecule has 0 fully saturated rings. The third-order valence-electron chi connectivity index (χ3n) is 5.25. The summed E-state index contributed by atoms with van der Waals surface area (Å²) in [6.45, 7) is 22.0. The molecule has 25 heavy (non-hydrogen) atoms. The second-order valence-corrected chi connectivity index (χ2v) is 7.22. The van der Waals surface area contributed by atoms with Crippen molar-refractivity contribution in [2.24, 2.45) is 0 Å². The molecule has 0 saturated carbocycles. The number of nitrogens with zero attached hydrogens (tertiary/aromatic N) is 2. The maximum atomic E-state index is 3.68. The Balaban J connectivity index is 3.31. The van der Waals surface area contributed by atoms with Crippen molar-refractivity contribution in [2.75, 3.05) is 58.9 Å². The molecule has 4 nitrogen and oxygen atoms in total. The maximum Gasteiger partial charge on any atom is 0.00387 e. The molecule has 0 aliphatic carbocycles. The van der Waals surface area contributed by atoms with Gasteiger partial charge in [0.2, 0.25) is 0 Å². The summed E-state index contributed by atoms with van der Waals surface area (Å²) in [6, 6.07) is 0.665. The van der Waals surface area contributed by atoms with Gasteiger partial charge in [0.25, 0.3) is 0 Å². The summed E-state index contributed by atoms with van der Waals surface area (Å²) in [5, 5.41) is 7.27. The van der Waals surface area contributed by atoms with Gasteiger partial charge in [-0.05, 0) is 91.5 Å². The van der Waals surface area contributed by atoms with Gasteiger partial charge >= 0.3 is 0 Å². The van der Waals surface area contributed by atoms with Crippen LogP contribution in [0.3, 0.4) is 0 Å². The van der Waals surface area contributed by atoms with Gasteiger partial charge in [-0.2, -0.15) is 0 Å². The van der Waals surface area contributed by atoms with Gasteiger partial charge in [-0.3, -0.25) is 0 Å². The molecule has 0 aliphatic rings. The Morgan fingerprint density at radius 2 is 1.16 bits per heavy atom. The monoisotopic (exact) mass is 356 g/mol. The molecule has 0 amide bonds. The van der Waals surface area contributed by atoms with Gasteiger partial charge in [0.1, 0.15) is 0 Å². The molecule has 4 heteroatoms. The van der Waals surface area contributed by atoms with Crippen molar-refractivity contribution in [3.05, 3.63) is 0 Å². The molecule has 1 atom stereocenters. The molecule has 0 bridgehead atoms. The van der Waals surface area contributed by atoms with Crippen LogP contribution >= 0.6 is 0 Å². The third kappa shape index (κ3) is 15.8. The van der Waals surface area contributed by atoms with E-state index in [9.17, 15) is 0 Å². The van der Waals surface area contributed by atoms with Crippen LogP contribution in [0, 0.1) is 0 Å². The predicted octanol–water partition coefficient (Wildman–Crippen LogP) is 3.58. The van der Waals surface area contributed by atoms with Gasteiger partial charge in [-0.25, -0.2) is 0 Å². The van der Waals surface area contributed by atoms with Crippen LogP contribution in [0.25, 0.3) is 0 Å². The van der Waals surface area contributed by atoms with Crippen LogP contribution in [-0.4, -0.2) is 74.7 Å². The molecular weight excluding hydrogens is 308 g/mol. The average molecular weight is 357 g/mol. The minimum absolute atomic E-state index is 0.665. The SMILES string of the molecule is CCN(CC)CCCNCCCCCC(C)NCCCN(CC)CC. The molecule has 2 N–H and O–H groups in total. The van der Waals surface area contributed by atoms with Gasteiger partial charge in [-0.15, -0.1) is 0 Å². The Labute approximate surface area is 159 Å². The van der Waals surface area contributed by atoms with Crippen molar-refractivity contribution in [2.45, 2.75) is 79.2 Å². The van der Waals surface area contributed by atoms with E-state index in [0.29, 0.717) is 6.04 Å². The molecule has 0 saturated heterocycles. The summed E-state index contributed by atoms with van der Waals surface area (Å²) in [5.41, 5.74) is 0. The molecule has 0 heterocycles. The van der Waals surface area contributed by atoms with Crippen LogP contribution in [0.5, 0.6) is 0 Å². The number of hydrogen-bond acceptors (Lipinski definition) is 4. The van der Waals surface area contributed by atoms with E-state index < -0.39 is 0 Å². The fourth-order valence-electron chi connectivity index (χ4n) is 3.26. The highest BCUT2D eigenvalue weighted by Crippen LogP contribution is 2.03. The zero-order chi connectivity index (χ0) is 18.8. The molecule has 1 unspecified atom stereocenters. The van der Waals surface area contributed by atoms with E-state index in [2.05, 4.69) is 55.1 Å². The van der Waals surface area contributed by atoms with Crippen LogP contribution < -0.4 is 10.6 Å². The number of nitrogens with one attached hydrogen (secondary N) is 2. The smallest absolute Gasteiger partial charge is 0.00387 e. The molecule has 152 valence electrons. The number of unbranched alkanes of at least 4 members (excludes halogenated alkanes) is 2. The molecule has 0 radical (unpaired) electrons. The molecule has 0 aromatic heterocycles. The maximum absolute atomic E-state index is 3.68. The molecule has 0 aromatic carbocycles. The second kappa shape index (κ2) is 18.6. The van der Waals surface area contributed by atoms with Gasteiger partial charge in [0.05, 0.1) is 0 Å². The Morgan fingerprint density at radius 1 is 0.640 bits per heavy atom. The fraction of sp³-hybridized carbons (Fsp3) is 1.00. The van der Waals surface area contributed by atoms with E-state index in [4.69, 9.17) is 0 Å². The Kier molecular flexibility index (Phi) is 18.5. The molecule has 0 rings (SSSR count). The van der Waals surface area contributed by atoms with E-state index in [0.717, 1.165) is 6.54 Å². The van der Waals surface area contributed by atoms with Crippen LogP contribution in [0.15, 0.2) is 0 Å². The molecular formula is C21H48N4. The Hall–Kier alpha value is -0.160. The quantitative estimate of drug-likeness (QED) is 0.346. The van der Waals surface area contributed by atoms with Crippen LogP contribution in [0.2, 0.25) is 0 Å². The topological polar surface area (TPSA) is 30.5 Å². The molecule has 0 aliphatic heterocycles. The fourth-order valence-corrected chi connectivity index (χ4v) is 3.26. The minimum Gasteiger partial charge on any atom is -0.317 e. The van der Waals surface area contributed by atoms with Gasteiger partial charge in [0, 0.05) is 6.04 Å². The highest BCUT2D eigenvalue weighted by molar-refractivity contribution is 4.63. The summed E-state index contributed by atoms with van der Waals surface area (Å²) >= 11 is 0. The Morgan fingerprint density at radius 3 is 1.72 bits per heavy atom. The first kappa shape index (κ1) is 24.8. The van der Waals surface area contributed by atoms with E-state index in [1.54, 1.807) is 0 Å². The van der Waals surface area contributed by atoms with Crippen molar-refractivity contribution in [1.82, 2.24) is 20.4 Å². The van der Waals surface area contributed by atoms with Crippen molar-refractivity contribution in [3.8, 4) is 0 Å². The van der Waals surface area contributed by atoms with Crippen molar-refractivity contribution >= 4 is 0 Å².